The lowest BCUT2D eigenvalue weighted by molar-refractivity contribution is -0.137. The molecule has 1 saturated heterocycles. The molecule has 4 rings (SSSR count). The van der Waals surface area contributed by atoms with Crippen LogP contribution in [-0.2, 0) is 11.0 Å². The molecule has 1 aliphatic heterocycles. The molecule has 39 heavy (non-hydrogen) atoms. The molecule has 0 bridgehead atoms. The number of anilines is 2. The number of amides is 2. The Morgan fingerprint density at radius 2 is 1.85 bits per heavy atom. The van der Waals surface area contributed by atoms with Gasteiger partial charge in [-0.25, -0.2) is 5.43 Å². The lowest BCUT2D eigenvalue weighted by Crippen LogP contribution is -2.31. The number of nitrogens with one attached hydrogen (secondary N) is 2. The van der Waals surface area contributed by atoms with Gasteiger partial charge in [0.15, 0.2) is 0 Å². The average Bonchev–Trinajstić information content (AvgIpc) is 2.94. The third-order valence-electron chi connectivity index (χ3n) is 7.63. The predicted molar refractivity (Wildman–Crippen MR) is 148 cm³/mol. The monoisotopic (exact) mass is 562 g/mol. The van der Waals surface area contributed by atoms with Crippen LogP contribution in [0.25, 0.3) is 0 Å². The Labute approximate surface area is 232 Å². The summed E-state index contributed by atoms with van der Waals surface area (Å²) in [5.41, 5.74) is 3.07. The molecule has 1 aliphatic carbocycles. The molecule has 2 amide bonds. The fourth-order valence-corrected chi connectivity index (χ4v) is 5.60. The van der Waals surface area contributed by atoms with Crippen LogP contribution in [0.2, 0.25) is 5.02 Å². The van der Waals surface area contributed by atoms with Gasteiger partial charge in [0.2, 0.25) is 5.91 Å². The number of hydrogen-bond donors (Lipinski definition) is 2. The second-order valence-corrected chi connectivity index (χ2v) is 10.7. The maximum Gasteiger partial charge on any atom is 0.417 e. The topological polar surface area (TPSA) is 73.8 Å². The van der Waals surface area contributed by atoms with E-state index in [0.29, 0.717) is 11.6 Å². The number of rotatable bonds is 7. The molecule has 2 atom stereocenters. The van der Waals surface area contributed by atoms with Crippen LogP contribution in [0.1, 0.15) is 79.8 Å². The predicted octanol–water partition coefficient (Wildman–Crippen LogP) is 7.27. The fourth-order valence-electron chi connectivity index (χ4n) is 5.38. The van der Waals surface area contributed by atoms with Gasteiger partial charge in [-0.15, -0.1) is 0 Å². The van der Waals surface area contributed by atoms with E-state index < -0.39 is 22.7 Å². The summed E-state index contributed by atoms with van der Waals surface area (Å²) in [4.78, 5) is 28.6. The zero-order valence-electron chi connectivity index (χ0n) is 22.0. The molecule has 0 radical (unpaired) electrons. The van der Waals surface area contributed by atoms with Gasteiger partial charge in [-0.2, -0.15) is 18.3 Å². The van der Waals surface area contributed by atoms with Crippen molar-refractivity contribution in [3.05, 3.63) is 58.1 Å². The summed E-state index contributed by atoms with van der Waals surface area (Å²) < 4.78 is 39.5. The number of hydrogen-bond acceptors (Lipinski definition) is 4. The van der Waals surface area contributed by atoms with E-state index >= 15 is 0 Å². The second-order valence-electron chi connectivity index (χ2n) is 10.3. The lowest BCUT2D eigenvalue weighted by atomic mass is 9.80. The summed E-state index contributed by atoms with van der Waals surface area (Å²) in [5, 5.41) is 6.43. The summed E-state index contributed by atoms with van der Waals surface area (Å²) in [6, 6.07) is 8.78. The maximum absolute atomic E-state index is 13.2. The molecular formula is C29H34ClF3N4O2. The second kappa shape index (κ2) is 12.9. The van der Waals surface area contributed by atoms with Crippen molar-refractivity contribution in [1.82, 2.24) is 5.43 Å². The van der Waals surface area contributed by atoms with Crippen molar-refractivity contribution in [2.24, 2.45) is 16.9 Å². The van der Waals surface area contributed by atoms with Gasteiger partial charge in [-0.3, -0.25) is 9.59 Å². The van der Waals surface area contributed by atoms with E-state index in [1.807, 2.05) is 6.07 Å². The minimum atomic E-state index is -4.61. The van der Waals surface area contributed by atoms with Crippen LogP contribution in [0.3, 0.4) is 0 Å². The molecule has 2 fully saturated rings. The van der Waals surface area contributed by atoms with E-state index in [1.165, 1.54) is 6.07 Å². The summed E-state index contributed by atoms with van der Waals surface area (Å²) in [5.74, 6) is -0.247. The van der Waals surface area contributed by atoms with Crippen LogP contribution < -0.4 is 15.6 Å². The molecule has 0 aromatic heterocycles. The van der Waals surface area contributed by atoms with Gasteiger partial charge < -0.3 is 10.2 Å². The van der Waals surface area contributed by atoms with Crippen molar-refractivity contribution in [2.45, 2.75) is 64.5 Å². The minimum Gasteiger partial charge on any atom is -0.372 e. The molecule has 6 nitrogen and oxygen atoms in total. The van der Waals surface area contributed by atoms with E-state index in [-0.39, 0.29) is 23.0 Å². The number of piperidine rings is 1. The molecule has 1 saturated carbocycles. The quantitative estimate of drug-likeness (QED) is 0.275. The Hall–Kier alpha value is -3.07. The van der Waals surface area contributed by atoms with Crippen LogP contribution in [0, 0.1) is 11.8 Å². The van der Waals surface area contributed by atoms with E-state index in [4.69, 9.17) is 11.6 Å². The van der Waals surface area contributed by atoms with Crippen LogP contribution in [0.15, 0.2) is 41.5 Å². The molecule has 2 unspecified atom stereocenters. The first-order chi connectivity index (χ1) is 18.7. The number of carbonyl (C=O) groups is 2. The van der Waals surface area contributed by atoms with Crippen LogP contribution in [0.4, 0.5) is 24.5 Å². The van der Waals surface area contributed by atoms with E-state index in [0.717, 1.165) is 88.5 Å². The number of nitrogens with zero attached hydrogens (tertiary/aromatic N) is 2. The lowest BCUT2D eigenvalue weighted by Gasteiger charge is -2.30. The standard InChI is InChI=1S/C29H34ClF3N4O2/c1-2-19-7-6-8-21(15-19)27(38)35-26-12-10-22(37-13-4-3-5-14-37)17-23(26)28(39)36-34-18-20-9-11-25(30)24(16-20)29(31,32)33/h9-12,16-19,21H,2-8,13-15H2,1H3,(H,35,38)(H,36,39)/b34-18+. The SMILES string of the molecule is CCC1CCCC(C(=O)Nc2ccc(N3CCCCC3)cc2C(=O)N/N=C/c2ccc(Cl)c(C(F)(F)F)c2)C1. The molecule has 1 heterocycles. The maximum atomic E-state index is 13.2. The molecule has 2 aliphatic rings. The Morgan fingerprint density at radius 3 is 2.56 bits per heavy atom. The molecule has 2 aromatic rings. The molecule has 0 spiro atoms. The van der Waals surface area contributed by atoms with Gasteiger partial charge in [0.05, 0.1) is 28.1 Å². The van der Waals surface area contributed by atoms with Crippen molar-refractivity contribution < 1.29 is 22.8 Å². The third kappa shape index (κ3) is 7.53. The highest BCUT2D eigenvalue weighted by Gasteiger charge is 2.33. The highest BCUT2D eigenvalue weighted by Crippen LogP contribution is 2.35. The number of halogens is 4. The Morgan fingerprint density at radius 1 is 1.08 bits per heavy atom. The Kier molecular flexibility index (Phi) is 9.53. The summed E-state index contributed by atoms with van der Waals surface area (Å²) in [6.07, 6.45) is 4.64. The zero-order valence-corrected chi connectivity index (χ0v) is 22.7. The number of hydrazone groups is 1. The fraction of sp³-hybridized carbons (Fsp3) is 0.483. The Balaban J connectivity index is 1.54. The molecule has 2 N–H and O–H groups in total. The van der Waals surface area contributed by atoms with Crippen LogP contribution >= 0.6 is 11.6 Å². The van der Waals surface area contributed by atoms with Gasteiger partial charge in [0.1, 0.15) is 0 Å². The van der Waals surface area contributed by atoms with Crippen LogP contribution in [0.5, 0.6) is 0 Å². The first-order valence-electron chi connectivity index (χ1n) is 13.6. The number of carbonyl (C=O) groups excluding carboxylic acids is 2. The first-order valence-corrected chi connectivity index (χ1v) is 13.9. The van der Waals surface area contributed by atoms with Crippen molar-refractivity contribution >= 4 is 41.0 Å². The van der Waals surface area contributed by atoms with Crippen molar-refractivity contribution in [3.63, 3.8) is 0 Å². The smallest absolute Gasteiger partial charge is 0.372 e. The number of alkyl halides is 3. The molecule has 2 aromatic carbocycles. The normalized spacial score (nSPS) is 20.2. The van der Waals surface area contributed by atoms with Crippen molar-refractivity contribution in [2.75, 3.05) is 23.3 Å². The molecule has 210 valence electrons. The van der Waals surface area contributed by atoms with Crippen molar-refractivity contribution in [3.8, 4) is 0 Å². The molecular weight excluding hydrogens is 529 g/mol. The average molecular weight is 563 g/mol. The summed E-state index contributed by atoms with van der Waals surface area (Å²) in [6.45, 7) is 3.90. The van der Waals surface area contributed by atoms with Gasteiger partial charge in [0.25, 0.3) is 5.91 Å². The largest absolute Gasteiger partial charge is 0.417 e. The number of benzene rings is 2. The minimum absolute atomic E-state index is 0.0998. The zero-order chi connectivity index (χ0) is 28.0. The van der Waals surface area contributed by atoms with Crippen molar-refractivity contribution in [1.29, 1.82) is 0 Å². The van der Waals surface area contributed by atoms with Gasteiger partial charge in [0, 0.05) is 24.7 Å². The van der Waals surface area contributed by atoms with Gasteiger partial charge in [-0.1, -0.05) is 43.9 Å². The van der Waals surface area contributed by atoms with E-state index in [1.54, 1.807) is 12.1 Å². The van der Waals surface area contributed by atoms with E-state index in [9.17, 15) is 22.8 Å². The Bertz CT molecular complexity index is 1210. The summed E-state index contributed by atoms with van der Waals surface area (Å²) >= 11 is 5.68. The van der Waals surface area contributed by atoms with E-state index in [2.05, 4.69) is 27.7 Å². The highest BCUT2D eigenvalue weighted by molar-refractivity contribution is 6.31. The van der Waals surface area contributed by atoms with Gasteiger partial charge in [-0.05, 0) is 73.9 Å². The van der Waals surface area contributed by atoms with Crippen LogP contribution in [-0.4, -0.2) is 31.1 Å². The third-order valence-corrected chi connectivity index (χ3v) is 7.96. The molecule has 10 heteroatoms. The highest BCUT2D eigenvalue weighted by atomic mass is 35.5. The first kappa shape index (κ1) is 28.9. The summed E-state index contributed by atoms with van der Waals surface area (Å²) in [7, 11) is 0. The van der Waals surface area contributed by atoms with Gasteiger partial charge >= 0.3 is 6.18 Å².